The largest absolute Gasteiger partial charge is 0.489 e. The summed E-state index contributed by atoms with van der Waals surface area (Å²) in [6.45, 7) is 1.88. The van der Waals surface area contributed by atoms with Gasteiger partial charge < -0.3 is 19.5 Å². The van der Waals surface area contributed by atoms with Crippen molar-refractivity contribution in [1.29, 1.82) is 0 Å². The number of ether oxygens (including phenoxy) is 1. The van der Waals surface area contributed by atoms with Crippen LogP contribution in [-0.4, -0.2) is 51.4 Å². The standard InChI is InChI=1S/C16H21N5O2/c1-20-12-18-19-15(20)7-9-17-16(22)21-10-8-14(11-21)23-13-5-3-2-4-6-13/h2-6,12,14H,7-11H2,1H3,(H,17,22). The zero-order valence-electron chi connectivity index (χ0n) is 13.2. The maximum absolute atomic E-state index is 12.2. The van der Waals surface area contributed by atoms with Gasteiger partial charge in [-0.25, -0.2) is 4.79 Å². The van der Waals surface area contributed by atoms with E-state index >= 15 is 0 Å². The van der Waals surface area contributed by atoms with Crippen LogP contribution < -0.4 is 10.1 Å². The molecule has 1 N–H and O–H groups in total. The number of amides is 2. The van der Waals surface area contributed by atoms with Crippen LogP contribution in [-0.2, 0) is 13.5 Å². The number of para-hydroxylation sites is 1. The molecule has 1 saturated heterocycles. The number of carbonyl (C=O) groups is 1. The van der Waals surface area contributed by atoms with Gasteiger partial charge in [-0.2, -0.15) is 0 Å². The molecule has 23 heavy (non-hydrogen) atoms. The zero-order valence-corrected chi connectivity index (χ0v) is 13.2. The van der Waals surface area contributed by atoms with Gasteiger partial charge in [-0.05, 0) is 12.1 Å². The van der Waals surface area contributed by atoms with E-state index in [-0.39, 0.29) is 12.1 Å². The number of benzene rings is 1. The molecule has 1 fully saturated rings. The van der Waals surface area contributed by atoms with Crippen LogP contribution in [0.5, 0.6) is 5.75 Å². The minimum atomic E-state index is -0.0497. The smallest absolute Gasteiger partial charge is 0.317 e. The SMILES string of the molecule is Cn1cnnc1CCNC(=O)N1CCC(Oc2ccccc2)C1. The van der Waals surface area contributed by atoms with Crippen LogP contribution in [0.4, 0.5) is 4.79 Å². The maximum atomic E-state index is 12.2. The molecule has 0 bridgehead atoms. The number of hydrogen-bond donors (Lipinski definition) is 1. The van der Waals surface area contributed by atoms with Gasteiger partial charge in [0.25, 0.3) is 0 Å². The van der Waals surface area contributed by atoms with Crippen LogP contribution in [0.3, 0.4) is 0 Å². The molecule has 0 aliphatic carbocycles. The second kappa shape index (κ2) is 7.13. The summed E-state index contributed by atoms with van der Waals surface area (Å²) < 4.78 is 7.74. The van der Waals surface area contributed by atoms with E-state index in [0.717, 1.165) is 18.0 Å². The molecule has 1 aliphatic rings. The summed E-state index contributed by atoms with van der Waals surface area (Å²) in [6, 6.07) is 9.67. The van der Waals surface area contributed by atoms with E-state index in [1.165, 1.54) is 0 Å². The van der Waals surface area contributed by atoms with Gasteiger partial charge in [-0.1, -0.05) is 18.2 Å². The molecule has 1 aromatic heterocycles. The third kappa shape index (κ3) is 4.00. The first-order chi connectivity index (χ1) is 11.2. The van der Waals surface area contributed by atoms with Crippen molar-refractivity contribution in [3.8, 4) is 5.75 Å². The third-order valence-corrected chi connectivity index (χ3v) is 3.91. The van der Waals surface area contributed by atoms with Gasteiger partial charge >= 0.3 is 6.03 Å². The molecule has 122 valence electrons. The van der Waals surface area contributed by atoms with E-state index in [0.29, 0.717) is 26.1 Å². The Bertz CT molecular complexity index is 643. The fraction of sp³-hybridized carbons (Fsp3) is 0.438. The van der Waals surface area contributed by atoms with E-state index < -0.39 is 0 Å². The number of likely N-dealkylation sites (tertiary alicyclic amines) is 1. The molecule has 2 aromatic rings. The summed E-state index contributed by atoms with van der Waals surface area (Å²) in [5, 5.41) is 10.7. The lowest BCUT2D eigenvalue weighted by Crippen LogP contribution is -2.40. The second-order valence-corrected chi connectivity index (χ2v) is 5.63. The summed E-state index contributed by atoms with van der Waals surface area (Å²) in [6.07, 6.45) is 3.23. The zero-order chi connectivity index (χ0) is 16.1. The molecular weight excluding hydrogens is 294 g/mol. The maximum Gasteiger partial charge on any atom is 0.317 e. The van der Waals surface area contributed by atoms with Crippen LogP contribution in [0.15, 0.2) is 36.7 Å². The Balaban J connectivity index is 1.41. The summed E-state index contributed by atoms with van der Waals surface area (Å²) in [7, 11) is 1.89. The summed E-state index contributed by atoms with van der Waals surface area (Å²) in [5.74, 6) is 1.71. The van der Waals surface area contributed by atoms with E-state index in [1.807, 2.05) is 41.9 Å². The molecule has 3 rings (SSSR count). The van der Waals surface area contributed by atoms with Gasteiger partial charge in [0.15, 0.2) is 0 Å². The Kier molecular flexibility index (Phi) is 4.75. The average molecular weight is 315 g/mol. The predicted octanol–water partition coefficient (Wildman–Crippen LogP) is 1.22. The van der Waals surface area contributed by atoms with Crippen molar-refractivity contribution >= 4 is 6.03 Å². The molecule has 0 radical (unpaired) electrons. The first-order valence-electron chi connectivity index (χ1n) is 7.80. The number of carbonyl (C=O) groups excluding carboxylic acids is 1. The van der Waals surface area contributed by atoms with Crippen LogP contribution >= 0.6 is 0 Å². The third-order valence-electron chi connectivity index (χ3n) is 3.91. The van der Waals surface area contributed by atoms with Crippen LogP contribution in [0.25, 0.3) is 0 Å². The molecule has 1 atom stereocenters. The fourth-order valence-corrected chi connectivity index (χ4v) is 2.63. The normalized spacial score (nSPS) is 17.3. The highest BCUT2D eigenvalue weighted by Gasteiger charge is 2.27. The topological polar surface area (TPSA) is 72.3 Å². The highest BCUT2D eigenvalue weighted by atomic mass is 16.5. The first kappa shape index (κ1) is 15.3. The first-order valence-corrected chi connectivity index (χ1v) is 7.80. The lowest BCUT2D eigenvalue weighted by atomic mass is 10.3. The molecular formula is C16H21N5O2. The lowest BCUT2D eigenvalue weighted by molar-refractivity contribution is 0.187. The number of aromatic nitrogens is 3. The Morgan fingerprint density at radius 3 is 2.96 bits per heavy atom. The monoisotopic (exact) mass is 315 g/mol. The van der Waals surface area contributed by atoms with Crippen LogP contribution in [0.2, 0.25) is 0 Å². The number of nitrogens with zero attached hydrogens (tertiary/aromatic N) is 4. The van der Waals surface area contributed by atoms with Crippen molar-refractivity contribution < 1.29 is 9.53 Å². The number of urea groups is 1. The van der Waals surface area contributed by atoms with E-state index in [4.69, 9.17) is 4.74 Å². The van der Waals surface area contributed by atoms with Crippen molar-refractivity contribution in [3.63, 3.8) is 0 Å². The van der Waals surface area contributed by atoms with Gasteiger partial charge in [0.2, 0.25) is 0 Å². The minimum Gasteiger partial charge on any atom is -0.489 e. The molecule has 2 heterocycles. The van der Waals surface area contributed by atoms with Gasteiger partial charge in [0.05, 0.1) is 6.54 Å². The van der Waals surface area contributed by atoms with Gasteiger partial charge in [0.1, 0.15) is 24.0 Å². The quantitative estimate of drug-likeness (QED) is 0.900. The molecule has 1 aliphatic heterocycles. The molecule has 7 heteroatoms. The molecule has 0 saturated carbocycles. The molecule has 1 aromatic carbocycles. The number of aryl methyl sites for hydroxylation is 1. The van der Waals surface area contributed by atoms with Crippen molar-refractivity contribution in [2.24, 2.45) is 7.05 Å². The Labute approximate surface area is 135 Å². The van der Waals surface area contributed by atoms with E-state index in [9.17, 15) is 4.79 Å². The molecule has 2 amide bonds. The van der Waals surface area contributed by atoms with Crippen LogP contribution in [0, 0.1) is 0 Å². The Hall–Kier alpha value is -2.57. The summed E-state index contributed by atoms with van der Waals surface area (Å²) >= 11 is 0. The van der Waals surface area contributed by atoms with Gasteiger partial charge in [-0.15, -0.1) is 10.2 Å². The second-order valence-electron chi connectivity index (χ2n) is 5.63. The summed E-state index contributed by atoms with van der Waals surface area (Å²) in [5.41, 5.74) is 0. The van der Waals surface area contributed by atoms with Gasteiger partial charge in [0, 0.05) is 33.0 Å². The van der Waals surface area contributed by atoms with Crippen LogP contribution in [0.1, 0.15) is 12.2 Å². The van der Waals surface area contributed by atoms with Crippen molar-refractivity contribution in [2.75, 3.05) is 19.6 Å². The molecule has 0 spiro atoms. The van der Waals surface area contributed by atoms with Crippen molar-refractivity contribution in [3.05, 3.63) is 42.5 Å². The van der Waals surface area contributed by atoms with Crippen molar-refractivity contribution in [1.82, 2.24) is 25.0 Å². The van der Waals surface area contributed by atoms with E-state index in [1.54, 1.807) is 11.2 Å². The Morgan fingerprint density at radius 1 is 1.39 bits per heavy atom. The van der Waals surface area contributed by atoms with E-state index in [2.05, 4.69) is 15.5 Å². The highest BCUT2D eigenvalue weighted by molar-refractivity contribution is 5.74. The van der Waals surface area contributed by atoms with Gasteiger partial charge in [-0.3, -0.25) is 0 Å². The number of rotatable bonds is 5. The average Bonchev–Trinajstić information content (AvgIpc) is 3.18. The number of hydrogen-bond acceptors (Lipinski definition) is 4. The predicted molar refractivity (Wildman–Crippen MR) is 85.2 cm³/mol. The van der Waals surface area contributed by atoms with Crippen molar-refractivity contribution in [2.45, 2.75) is 18.9 Å². The highest BCUT2D eigenvalue weighted by Crippen LogP contribution is 2.17. The summed E-state index contributed by atoms with van der Waals surface area (Å²) in [4.78, 5) is 14.0. The number of nitrogens with one attached hydrogen (secondary N) is 1. The fourth-order valence-electron chi connectivity index (χ4n) is 2.63. The minimum absolute atomic E-state index is 0.0497. The lowest BCUT2D eigenvalue weighted by Gasteiger charge is -2.18. The Morgan fingerprint density at radius 2 is 2.22 bits per heavy atom. The molecule has 1 unspecified atom stereocenters. The molecule has 7 nitrogen and oxygen atoms in total.